The molecule has 3 saturated heterocycles. The number of carbonyl (C=O) groups is 3. The zero-order valence-electron chi connectivity index (χ0n) is 36.2. The largest absolute Gasteiger partial charge is 0.504 e. The molecule has 0 aromatic heterocycles. The van der Waals surface area contributed by atoms with Gasteiger partial charge >= 0.3 is 0 Å². The van der Waals surface area contributed by atoms with Gasteiger partial charge in [0.05, 0.1) is 11.0 Å². The molecular weight excluding hydrogens is 803 g/mol. The summed E-state index contributed by atoms with van der Waals surface area (Å²) in [6.45, 7) is 7.39. The van der Waals surface area contributed by atoms with Crippen LogP contribution in [0, 0.1) is 18.8 Å². The van der Waals surface area contributed by atoms with Crippen LogP contribution in [0.1, 0.15) is 84.0 Å². The second-order valence-corrected chi connectivity index (χ2v) is 19.4. The Morgan fingerprint density at radius 2 is 1.74 bits per heavy atom. The molecule has 1 radical (unpaired) electrons. The lowest BCUT2D eigenvalue weighted by Crippen LogP contribution is -2.77. The number of hydrogen-bond donors (Lipinski definition) is 4. The van der Waals surface area contributed by atoms with Gasteiger partial charge in [-0.2, -0.15) is 0 Å². The van der Waals surface area contributed by atoms with Crippen molar-refractivity contribution >= 4 is 42.4 Å². The fourth-order valence-corrected chi connectivity index (χ4v) is 12.2. The number of aryl methyl sites for hydroxylation is 1. The highest BCUT2D eigenvalue weighted by Crippen LogP contribution is 2.65. The van der Waals surface area contributed by atoms with Gasteiger partial charge in [-0.05, 0) is 157 Å². The summed E-state index contributed by atoms with van der Waals surface area (Å²) in [5.74, 6) is 0.751. The zero-order chi connectivity index (χ0) is 43.3. The number of carbonyl (C=O) groups excluding carboxylic acids is 3. The molecule has 2 aliphatic carbocycles. The molecule has 4 heterocycles. The number of nitrogens with zero attached hydrogens (tertiary/aromatic N) is 4. The first-order valence-electron chi connectivity index (χ1n) is 22.8. The first-order valence-corrected chi connectivity index (χ1v) is 23.2. The Bertz CT molecular complexity index is 2180. The highest BCUT2D eigenvalue weighted by molar-refractivity contribution is 6.38. The third-order valence-corrected chi connectivity index (χ3v) is 16.0. The van der Waals surface area contributed by atoms with Crippen molar-refractivity contribution in [2.45, 2.75) is 107 Å². The Hall–Kier alpha value is -4.14. The van der Waals surface area contributed by atoms with E-state index in [1.165, 1.54) is 5.56 Å². The van der Waals surface area contributed by atoms with Crippen molar-refractivity contribution in [3.05, 3.63) is 87.4 Å². The summed E-state index contributed by atoms with van der Waals surface area (Å²) in [6, 6.07) is 17.1. The monoisotopic (exact) mass is 863 g/mol. The van der Waals surface area contributed by atoms with Crippen molar-refractivity contribution < 1.29 is 29.3 Å². The predicted octanol–water partition coefficient (Wildman–Crippen LogP) is 4.85. The highest BCUT2D eigenvalue weighted by atomic mass is 35.5. The van der Waals surface area contributed by atoms with E-state index in [2.05, 4.69) is 22.1 Å². The average molecular weight is 864 g/mol. The number of piperidine rings is 3. The van der Waals surface area contributed by atoms with Crippen molar-refractivity contribution in [3.8, 4) is 11.5 Å². The molecule has 2 bridgehead atoms. The van der Waals surface area contributed by atoms with E-state index in [1.807, 2.05) is 72.7 Å². The number of likely N-dealkylation sites (tertiary alicyclic amines) is 3. The van der Waals surface area contributed by atoms with E-state index in [0.29, 0.717) is 67.6 Å². The Balaban J connectivity index is 0.763. The summed E-state index contributed by atoms with van der Waals surface area (Å²) in [4.78, 5) is 48.0. The minimum Gasteiger partial charge on any atom is -0.504 e. The van der Waals surface area contributed by atoms with Crippen LogP contribution in [0.2, 0.25) is 11.3 Å². The molecule has 3 aromatic rings. The lowest BCUT2D eigenvalue weighted by Gasteiger charge is -2.63. The van der Waals surface area contributed by atoms with Gasteiger partial charge in [-0.3, -0.25) is 14.4 Å². The molecule has 5 atom stereocenters. The molecule has 62 heavy (non-hydrogen) atoms. The number of ether oxygens (including phenoxy) is 1. The van der Waals surface area contributed by atoms with Crippen molar-refractivity contribution in [2.75, 3.05) is 57.8 Å². The molecule has 6 aliphatic rings. The number of benzene rings is 3. The van der Waals surface area contributed by atoms with E-state index >= 15 is 0 Å². The number of anilines is 1. The Labute approximate surface area is 371 Å². The number of amides is 3. The third-order valence-electron chi connectivity index (χ3n) is 15.6. The van der Waals surface area contributed by atoms with E-state index in [4.69, 9.17) is 22.1 Å². The maximum absolute atomic E-state index is 14.3. The van der Waals surface area contributed by atoms with Gasteiger partial charge in [0.1, 0.15) is 6.10 Å². The Morgan fingerprint density at radius 1 is 0.984 bits per heavy atom. The van der Waals surface area contributed by atoms with Crippen LogP contribution in [-0.2, 0) is 27.8 Å². The van der Waals surface area contributed by atoms with Gasteiger partial charge in [-0.25, -0.2) is 0 Å². The highest BCUT2D eigenvalue weighted by Gasteiger charge is 2.72. The van der Waals surface area contributed by atoms with E-state index < -0.39 is 16.9 Å². The quantitative estimate of drug-likeness (QED) is 0.177. The van der Waals surface area contributed by atoms with Gasteiger partial charge in [0, 0.05) is 65.8 Å². The summed E-state index contributed by atoms with van der Waals surface area (Å²) in [5, 5.41) is 27.6. The summed E-state index contributed by atoms with van der Waals surface area (Å²) in [7, 11) is 3.95. The Morgan fingerprint density at radius 3 is 2.47 bits per heavy atom. The van der Waals surface area contributed by atoms with Gasteiger partial charge in [-0.15, -0.1) is 0 Å². The van der Waals surface area contributed by atoms with Crippen LogP contribution >= 0.6 is 11.6 Å². The van der Waals surface area contributed by atoms with Crippen LogP contribution in [0.5, 0.6) is 11.5 Å². The Kier molecular flexibility index (Phi) is 12.1. The first-order chi connectivity index (χ1) is 29.9. The second kappa shape index (κ2) is 17.4. The van der Waals surface area contributed by atoms with E-state index in [-0.39, 0.29) is 48.0 Å². The summed E-state index contributed by atoms with van der Waals surface area (Å²) < 4.78 is 6.62. The summed E-state index contributed by atoms with van der Waals surface area (Å²) >= 11 is 6.60. The number of hydrogen-bond acceptors (Lipinski definition) is 9. The maximum Gasteiger partial charge on any atom is 0.248 e. The minimum absolute atomic E-state index is 0.0173. The fraction of sp³-hybridized carbons (Fsp3) is 0.562. The number of aliphatic hydroxyl groups is 1. The summed E-state index contributed by atoms with van der Waals surface area (Å²) in [6.07, 6.45) is 7.88. The van der Waals surface area contributed by atoms with Crippen molar-refractivity contribution in [3.63, 3.8) is 0 Å². The molecule has 1 saturated carbocycles. The molecule has 5 N–H and O–H groups in total. The molecule has 3 aromatic carbocycles. The normalized spacial score (nSPS) is 27.4. The molecule has 14 heteroatoms. The van der Waals surface area contributed by atoms with Crippen LogP contribution in [0.3, 0.4) is 0 Å². The molecule has 1 unspecified atom stereocenters. The van der Waals surface area contributed by atoms with Crippen molar-refractivity contribution in [1.29, 1.82) is 0 Å². The SMILES string of the molecule is Cc1ccc(N(CCCN2CCC(Cc3ccc(C(N)=O)cc3)CC2)C(=O)C2CCN(C(=O)C[B]N[C@@H]3CC[C@]4(O)C5Cc6ccc(O)c7c6[C@]4(CCN5C)[C@@H]3O7)CC2)cc1Cl. The van der Waals surface area contributed by atoms with Gasteiger partial charge in [0.15, 0.2) is 11.5 Å². The number of phenolic OH excluding ortho intramolecular Hbond substituents is 1. The maximum atomic E-state index is 14.3. The molecule has 9 rings (SSSR count). The van der Waals surface area contributed by atoms with Crippen LogP contribution in [0.25, 0.3) is 0 Å². The standard InChI is InChI=1S/C48H61BClN6O6/c1-30-4-10-36(28-37(30)50)56(20-3-19-54-21-13-32(14-22-54)26-31-5-7-33(8-6-31)45(51)59)46(60)34-15-23-55(24-16-34)41(58)29-49-52-38-12-17-48(61)40-27-35-9-11-39(57)43-42(35)47(48,44(38)62-43)18-25-53(40)2/h4-11,28,32,34,38,40,44,52,57,61H,3,12-27,29H2,1-2H3,(H2,51,59)/t38-,40?,44-,47-,48+/m1/s1. The average Bonchev–Trinajstić information content (AvgIpc) is 3.63. The predicted molar refractivity (Wildman–Crippen MR) is 241 cm³/mol. The molecule has 4 fully saturated rings. The molecule has 329 valence electrons. The molecule has 1 spiro atoms. The molecule has 3 amide bonds. The van der Waals surface area contributed by atoms with Crippen LogP contribution in [0.15, 0.2) is 54.6 Å². The smallest absolute Gasteiger partial charge is 0.248 e. The third kappa shape index (κ3) is 7.80. The fourth-order valence-electron chi connectivity index (χ4n) is 12.1. The number of phenols is 1. The molecule has 4 aliphatic heterocycles. The lowest BCUT2D eigenvalue weighted by molar-refractivity contribution is -0.185. The second-order valence-electron chi connectivity index (χ2n) is 19.0. The van der Waals surface area contributed by atoms with Crippen LogP contribution in [-0.4, -0.2) is 127 Å². The van der Waals surface area contributed by atoms with Gasteiger partial charge in [0.25, 0.3) is 0 Å². The molecular formula is C48H61BClN6O6. The molecule has 12 nitrogen and oxygen atoms in total. The van der Waals surface area contributed by atoms with E-state index in [1.54, 1.807) is 6.07 Å². The summed E-state index contributed by atoms with van der Waals surface area (Å²) in [5.41, 5.74) is 9.51. The lowest BCUT2D eigenvalue weighted by atomic mass is 9.48. The number of rotatable bonds is 13. The number of primary amides is 1. The minimum atomic E-state index is -0.961. The van der Waals surface area contributed by atoms with Gasteiger partial charge in [0.2, 0.25) is 25.1 Å². The van der Waals surface area contributed by atoms with Gasteiger partial charge in [-0.1, -0.05) is 35.9 Å². The number of aromatic hydroxyl groups is 1. The topological polar surface area (TPSA) is 152 Å². The number of nitrogens with two attached hydrogens (primary N) is 1. The van der Waals surface area contributed by atoms with Crippen LogP contribution in [0.4, 0.5) is 5.69 Å². The first kappa shape index (κ1) is 43.1. The van der Waals surface area contributed by atoms with E-state index in [0.717, 1.165) is 87.1 Å². The van der Waals surface area contributed by atoms with Crippen molar-refractivity contribution in [1.82, 2.24) is 19.9 Å². The zero-order valence-corrected chi connectivity index (χ0v) is 36.9. The number of halogens is 1. The van der Waals surface area contributed by atoms with Crippen LogP contribution < -0.4 is 20.6 Å². The number of likely N-dealkylation sites (N-methyl/N-ethyl adjacent to an activating group) is 1. The van der Waals surface area contributed by atoms with E-state index in [9.17, 15) is 24.6 Å². The number of nitrogens with one attached hydrogen (secondary N) is 1. The van der Waals surface area contributed by atoms with Crippen molar-refractivity contribution in [2.24, 2.45) is 17.6 Å². The van der Waals surface area contributed by atoms with Gasteiger partial charge < -0.3 is 45.5 Å².